The molecule has 4 aliphatic rings. The summed E-state index contributed by atoms with van der Waals surface area (Å²) < 4.78 is 28.0. The molecule has 0 spiro atoms. The van der Waals surface area contributed by atoms with Gasteiger partial charge in [-0.25, -0.2) is 0 Å². The Balaban J connectivity index is 0.635. The molecule has 6 heterocycles. The van der Waals surface area contributed by atoms with Gasteiger partial charge in [-0.15, -0.1) is 22.0 Å². The second kappa shape index (κ2) is 29.0. The third-order valence-corrected chi connectivity index (χ3v) is 14.0. The van der Waals surface area contributed by atoms with E-state index in [-0.39, 0.29) is 49.2 Å². The van der Waals surface area contributed by atoms with Gasteiger partial charge in [0.05, 0.1) is 59.5 Å². The van der Waals surface area contributed by atoms with Gasteiger partial charge in [0.1, 0.15) is 12.6 Å². The first-order chi connectivity index (χ1) is 35.2. The lowest BCUT2D eigenvalue weighted by Gasteiger charge is -2.35. The van der Waals surface area contributed by atoms with E-state index in [1.165, 1.54) is 6.08 Å². The molecular weight excluding hydrogens is 947 g/mol. The molecule has 2 N–H and O–H groups in total. The standard InChI is InChI=1S/C51H67N9O11S/c61-46(13-9-39-6-4-17-52-35-39)53-18-2-1-5-38-15-19-59(20-16-38)51(66)42-10-12-45(56-55-42)57-21-23-58(24-22-57)48(63)37-71-32-31-69-28-27-67-25-26-68-29-30-70-33-34-72-44-8-3-7-40-41(44)36-60(50(40)65)43-11-14-47(62)54-49(43)64/h3-4,6-10,12-13,17,35,38,43H,1-2,5,11,14-16,18-34,36-37H2,(H,53,61)(H,54,62,64)/b13-9+. The Morgan fingerprint density at radius 2 is 1.49 bits per heavy atom. The molecule has 0 aliphatic carbocycles. The number of nitrogens with zero attached hydrogens (tertiary/aromatic N) is 7. The van der Waals surface area contributed by atoms with Crippen LogP contribution in [0.4, 0.5) is 5.82 Å². The Morgan fingerprint density at radius 1 is 0.764 bits per heavy atom. The van der Waals surface area contributed by atoms with E-state index in [4.69, 9.17) is 23.7 Å². The van der Waals surface area contributed by atoms with Gasteiger partial charge in [0.15, 0.2) is 11.5 Å². The van der Waals surface area contributed by atoms with Crippen LogP contribution >= 0.6 is 11.8 Å². The highest BCUT2D eigenvalue weighted by Gasteiger charge is 2.40. The Bertz CT molecular complexity index is 2280. The molecule has 0 radical (unpaired) electrons. The molecule has 1 unspecified atom stereocenters. The van der Waals surface area contributed by atoms with Gasteiger partial charge < -0.3 is 48.6 Å². The zero-order chi connectivity index (χ0) is 50.3. The molecule has 3 aromatic rings. The van der Waals surface area contributed by atoms with Crippen LogP contribution in [-0.2, 0) is 49.4 Å². The van der Waals surface area contributed by atoms with Crippen LogP contribution in [0.3, 0.4) is 0 Å². The molecule has 21 heteroatoms. The van der Waals surface area contributed by atoms with Crippen LogP contribution in [0.25, 0.3) is 6.08 Å². The fourth-order valence-electron chi connectivity index (χ4n) is 8.89. The zero-order valence-electron chi connectivity index (χ0n) is 40.9. The number of benzene rings is 1. The number of likely N-dealkylation sites (tertiary alicyclic amines) is 1. The van der Waals surface area contributed by atoms with Crippen molar-refractivity contribution in [1.29, 1.82) is 0 Å². The Hall–Kier alpha value is -5.84. The number of hydrogen-bond donors (Lipinski definition) is 2. The predicted octanol–water partition coefficient (Wildman–Crippen LogP) is 3.01. The molecule has 0 saturated carbocycles. The predicted molar refractivity (Wildman–Crippen MR) is 267 cm³/mol. The molecule has 4 aliphatic heterocycles. The van der Waals surface area contributed by atoms with E-state index in [0.29, 0.717) is 140 Å². The number of unbranched alkanes of at least 4 members (excludes halogenated alkanes) is 1. The van der Waals surface area contributed by atoms with Gasteiger partial charge in [-0.1, -0.05) is 25.0 Å². The van der Waals surface area contributed by atoms with Gasteiger partial charge in [-0.2, -0.15) is 0 Å². The summed E-state index contributed by atoms with van der Waals surface area (Å²) in [6.45, 7) is 8.23. The van der Waals surface area contributed by atoms with E-state index in [2.05, 4.69) is 30.7 Å². The smallest absolute Gasteiger partial charge is 0.274 e. The molecule has 72 heavy (non-hydrogen) atoms. The number of amides is 6. The number of thioether (sulfide) groups is 1. The van der Waals surface area contributed by atoms with Gasteiger partial charge in [0.25, 0.3) is 11.8 Å². The number of fused-ring (bicyclic) bond motifs is 1. The first-order valence-corrected chi connectivity index (χ1v) is 26.0. The summed E-state index contributed by atoms with van der Waals surface area (Å²) in [5.74, 6) is 0.723. The van der Waals surface area contributed by atoms with Crippen LogP contribution in [0, 0.1) is 5.92 Å². The molecule has 1 atom stereocenters. The summed E-state index contributed by atoms with van der Waals surface area (Å²) >= 11 is 1.60. The van der Waals surface area contributed by atoms with Crippen molar-refractivity contribution < 1.29 is 52.5 Å². The lowest BCUT2D eigenvalue weighted by molar-refractivity contribution is -0.138. The lowest BCUT2D eigenvalue weighted by Crippen LogP contribution is -2.52. The highest BCUT2D eigenvalue weighted by molar-refractivity contribution is 7.99. The van der Waals surface area contributed by atoms with Gasteiger partial charge in [0.2, 0.25) is 23.6 Å². The van der Waals surface area contributed by atoms with Crippen molar-refractivity contribution in [3.63, 3.8) is 0 Å². The van der Waals surface area contributed by atoms with Crippen molar-refractivity contribution in [3.8, 4) is 0 Å². The van der Waals surface area contributed by atoms with Crippen LogP contribution in [0.5, 0.6) is 0 Å². The molecule has 7 rings (SSSR count). The third-order valence-electron chi connectivity index (χ3n) is 12.9. The average molecular weight is 1010 g/mol. The number of piperazine rings is 1. The fraction of sp³-hybridized carbons (Fsp3) is 0.549. The van der Waals surface area contributed by atoms with Gasteiger partial charge in [-0.05, 0) is 79.1 Å². The Kier molecular flexibility index (Phi) is 21.7. The molecule has 6 amide bonds. The van der Waals surface area contributed by atoms with Crippen LogP contribution in [0.15, 0.2) is 65.8 Å². The number of aromatic nitrogens is 3. The van der Waals surface area contributed by atoms with E-state index in [9.17, 15) is 28.8 Å². The molecule has 388 valence electrons. The van der Waals surface area contributed by atoms with Crippen molar-refractivity contribution >= 4 is 59.1 Å². The fourth-order valence-corrected chi connectivity index (χ4v) is 9.83. The van der Waals surface area contributed by atoms with Gasteiger partial charge >= 0.3 is 0 Å². The summed E-state index contributed by atoms with van der Waals surface area (Å²) in [6, 6.07) is 12.3. The normalized spacial score (nSPS) is 17.4. The summed E-state index contributed by atoms with van der Waals surface area (Å²) in [5.41, 5.74) is 2.72. The molecule has 0 bridgehead atoms. The number of rotatable bonds is 28. The van der Waals surface area contributed by atoms with Gasteiger partial charge in [-0.3, -0.25) is 39.1 Å². The van der Waals surface area contributed by atoms with E-state index < -0.39 is 11.9 Å². The van der Waals surface area contributed by atoms with Crippen LogP contribution in [0.1, 0.15) is 76.9 Å². The second-order valence-corrected chi connectivity index (χ2v) is 19.0. The number of carbonyl (C=O) groups excluding carboxylic acids is 6. The van der Waals surface area contributed by atoms with E-state index in [0.717, 1.165) is 48.1 Å². The minimum absolute atomic E-state index is 0.0241. The van der Waals surface area contributed by atoms with Crippen molar-refractivity contribution in [2.45, 2.75) is 62.4 Å². The maximum Gasteiger partial charge on any atom is 0.274 e. The summed E-state index contributed by atoms with van der Waals surface area (Å²) in [6.07, 6.45) is 12.1. The highest BCUT2D eigenvalue weighted by atomic mass is 32.2. The first kappa shape index (κ1) is 53.9. The zero-order valence-corrected chi connectivity index (χ0v) is 41.7. The number of pyridine rings is 1. The number of hydrogen-bond acceptors (Lipinski definition) is 16. The number of anilines is 1. The number of ether oxygens (including phenoxy) is 5. The lowest BCUT2D eigenvalue weighted by atomic mass is 9.91. The van der Waals surface area contributed by atoms with E-state index in [1.54, 1.807) is 52.2 Å². The summed E-state index contributed by atoms with van der Waals surface area (Å²) in [7, 11) is 0. The number of piperidine rings is 2. The molecule has 3 saturated heterocycles. The van der Waals surface area contributed by atoms with Gasteiger partial charge in [0, 0.05) is 93.5 Å². The Morgan fingerprint density at radius 3 is 2.17 bits per heavy atom. The topological polar surface area (TPSA) is 224 Å². The highest BCUT2D eigenvalue weighted by Crippen LogP contribution is 2.34. The average Bonchev–Trinajstić information content (AvgIpc) is 3.74. The maximum atomic E-state index is 13.2. The van der Waals surface area contributed by atoms with Crippen LogP contribution in [-0.4, -0.2) is 189 Å². The van der Waals surface area contributed by atoms with Crippen LogP contribution < -0.4 is 15.5 Å². The van der Waals surface area contributed by atoms with Crippen molar-refractivity contribution in [1.82, 2.24) is 40.5 Å². The second-order valence-electron chi connectivity index (χ2n) is 17.8. The molecular formula is C51H67N9O11S. The number of imide groups is 1. The monoisotopic (exact) mass is 1010 g/mol. The van der Waals surface area contributed by atoms with Crippen molar-refractivity contribution in [3.05, 3.63) is 83.3 Å². The maximum absolute atomic E-state index is 13.2. The minimum Gasteiger partial charge on any atom is -0.378 e. The summed E-state index contributed by atoms with van der Waals surface area (Å²) in [4.78, 5) is 87.4. The molecule has 20 nitrogen and oxygen atoms in total. The van der Waals surface area contributed by atoms with E-state index >= 15 is 0 Å². The summed E-state index contributed by atoms with van der Waals surface area (Å²) in [5, 5.41) is 13.9. The number of carbonyl (C=O) groups is 6. The molecule has 3 fully saturated rings. The first-order valence-electron chi connectivity index (χ1n) is 25.0. The Labute approximate surface area is 424 Å². The molecule has 2 aromatic heterocycles. The third kappa shape index (κ3) is 16.6. The SMILES string of the molecule is O=C(/C=C/c1cccnc1)NCCCCC1CCN(C(=O)c2ccc(N3CCN(C(=O)COCCOCCOCCOCCOCCSc4cccc5c4CN(C4CCC(=O)NC4=O)C5=O)CC3)nn2)CC1. The van der Waals surface area contributed by atoms with E-state index in [1.807, 2.05) is 35.2 Å². The molecule has 1 aromatic carbocycles. The van der Waals surface area contributed by atoms with Crippen molar-refractivity contribution in [2.75, 3.05) is 123 Å². The minimum atomic E-state index is -0.636. The van der Waals surface area contributed by atoms with Crippen molar-refractivity contribution in [2.24, 2.45) is 5.92 Å². The number of nitrogens with one attached hydrogen (secondary N) is 2. The largest absolute Gasteiger partial charge is 0.378 e. The quantitative estimate of drug-likeness (QED) is 0.0462. The van der Waals surface area contributed by atoms with Crippen LogP contribution in [0.2, 0.25) is 0 Å².